The molecule has 2 aromatic carbocycles. The average Bonchev–Trinajstić information content (AvgIpc) is 3.07. The van der Waals surface area contributed by atoms with Crippen LogP contribution in [0.15, 0.2) is 47.6 Å². The Hall–Kier alpha value is -2.27. The second-order valence-corrected chi connectivity index (χ2v) is 6.43. The predicted octanol–water partition coefficient (Wildman–Crippen LogP) is 4.12. The van der Waals surface area contributed by atoms with Crippen LogP contribution < -0.4 is 0 Å². The number of hydrogen-bond acceptors (Lipinski definition) is 3. The van der Waals surface area contributed by atoms with Crippen molar-refractivity contribution in [2.45, 2.75) is 24.8 Å². The molecule has 0 aliphatic rings. The largest absolute Gasteiger partial charge is 0.254 e. The molecule has 1 N–H and O–H groups in total. The Morgan fingerprint density at radius 1 is 1.14 bits per heavy atom. The fourth-order valence-electron chi connectivity index (χ4n) is 2.64. The van der Waals surface area contributed by atoms with E-state index in [0.717, 1.165) is 27.7 Å². The van der Waals surface area contributed by atoms with Crippen molar-refractivity contribution in [3.8, 4) is 0 Å². The van der Waals surface area contributed by atoms with Gasteiger partial charge in [-0.2, -0.15) is 0 Å². The quantitative estimate of drug-likeness (QED) is 0.579. The molecule has 5 heteroatoms. The molecule has 0 aliphatic heterocycles. The Bertz CT molecular complexity index is 967. The van der Waals surface area contributed by atoms with Crippen molar-refractivity contribution < 1.29 is 0 Å². The van der Waals surface area contributed by atoms with Gasteiger partial charge in [0.25, 0.3) is 0 Å². The maximum atomic E-state index is 4.55. The van der Waals surface area contributed by atoms with Gasteiger partial charge in [0.1, 0.15) is 0 Å². The zero-order chi connectivity index (χ0) is 15.1. The smallest absolute Gasteiger partial charge is 0.231 e. The summed E-state index contributed by atoms with van der Waals surface area (Å²) in [6.07, 6.45) is 0. The second-order valence-electron chi connectivity index (χ2n) is 5.48. The predicted molar refractivity (Wildman–Crippen MR) is 90.3 cm³/mol. The summed E-state index contributed by atoms with van der Waals surface area (Å²) in [4.78, 5) is 4.55. The van der Waals surface area contributed by atoms with E-state index in [2.05, 4.69) is 57.7 Å². The van der Waals surface area contributed by atoms with E-state index < -0.39 is 0 Å². The molecule has 4 aromatic rings. The normalized spacial score (nSPS) is 11.5. The number of aromatic amines is 1. The maximum Gasteiger partial charge on any atom is 0.231 e. The van der Waals surface area contributed by atoms with Crippen LogP contribution in [0, 0.1) is 13.8 Å². The molecule has 2 heterocycles. The van der Waals surface area contributed by atoms with E-state index in [1.54, 1.807) is 11.8 Å². The molecular weight excluding hydrogens is 292 g/mol. The summed E-state index contributed by atoms with van der Waals surface area (Å²) < 4.78 is 2.09. The highest BCUT2D eigenvalue weighted by Crippen LogP contribution is 2.26. The molecule has 0 saturated carbocycles. The van der Waals surface area contributed by atoms with Crippen LogP contribution in [0.4, 0.5) is 0 Å². The third-order valence-electron chi connectivity index (χ3n) is 3.87. The fraction of sp³-hybridized carbons (Fsp3) is 0.176. The van der Waals surface area contributed by atoms with Crippen LogP contribution in [-0.4, -0.2) is 19.6 Å². The van der Waals surface area contributed by atoms with Crippen LogP contribution in [0.2, 0.25) is 0 Å². The van der Waals surface area contributed by atoms with Gasteiger partial charge in [0.15, 0.2) is 5.16 Å². The number of aryl methyl sites for hydroxylation is 2. The van der Waals surface area contributed by atoms with E-state index in [1.165, 1.54) is 16.7 Å². The van der Waals surface area contributed by atoms with Gasteiger partial charge in [-0.3, -0.25) is 4.40 Å². The number of fused-ring (bicyclic) bond motifs is 3. The highest BCUT2D eigenvalue weighted by atomic mass is 32.2. The topological polar surface area (TPSA) is 46.0 Å². The van der Waals surface area contributed by atoms with Crippen molar-refractivity contribution in [3.63, 3.8) is 0 Å². The minimum absolute atomic E-state index is 0.796. The van der Waals surface area contributed by atoms with Gasteiger partial charge >= 0.3 is 0 Å². The number of benzene rings is 2. The van der Waals surface area contributed by atoms with E-state index >= 15 is 0 Å². The first-order valence-corrected chi connectivity index (χ1v) is 8.21. The van der Waals surface area contributed by atoms with Crippen LogP contribution in [0.1, 0.15) is 16.7 Å². The molecule has 0 unspecified atom stereocenters. The number of rotatable bonds is 3. The van der Waals surface area contributed by atoms with Crippen molar-refractivity contribution >= 4 is 28.6 Å². The van der Waals surface area contributed by atoms with Crippen LogP contribution in [0.5, 0.6) is 0 Å². The number of hydrogen-bond donors (Lipinski definition) is 1. The first kappa shape index (κ1) is 13.4. The first-order chi connectivity index (χ1) is 10.7. The Morgan fingerprint density at radius 3 is 2.91 bits per heavy atom. The van der Waals surface area contributed by atoms with Crippen LogP contribution in [0.3, 0.4) is 0 Å². The molecule has 0 spiro atoms. The Kier molecular flexibility index (Phi) is 3.15. The van der Waals surface area contributed by atoms with E-state index in [-0.39, 0.29) is 0 Å². The van der Waals surface area contributed by atoms with Crippen LogP contribution >= 0.6 is 11.8 Å². The highest BCUT2D eigenvalue weighted by Gasteiger charge is 2.12. The number of nitrogens with zero attached hydrogens (tertiary/aromatic N) is 3. The number of thioether (sulfide) groups is 1. The summed E-state index contributed by atoms with van der Waals surface area (Å²) in [6.45, 7) is 4.28. The lowest BCUT2D eigenvalue weighted by Gasteiger charge is -2.06. The lowest BCUT2D eigenvalue weighted by molar-refractivity contribution is 0.940. The third kappa shape index (κ3) is 2.18. The fourth-order valence-corrected chi connectivity index (χ4v) is 3.66. The molecule has 4 nitrogen and oxygen atoms in total. The van der Waals surface area contributed by atoms with E-state index in [4.69, 9.17) is 0 Å². The van der Waals surface area contributed by atoms with Crippen molar-refractivity contribution in [3.05, 3.63) is 59.2 Å². The number of H-pyrrole nitrogens is 1. The molecule has 2 aromatic heterocycles. The molecule has 0 aliphatic carbocycles. The standard InChI is InChI=1S/C17H16N4S/c1-11-7-8-12(2)13(9-11)10-22-17-20-19-16-18-14-5-3-4-6-15(14)21(16)17/h3-9H,10H2,1-2H3,(H,18,19). The van der Waals surface area contributed by atoms with Gasteiger partial charge in [-0.1, -0.05) is 47.7 Å². The summed E-state index contributed by atoms with van der Waals surface area (Å²) in [7, 11) is 0. The van der Waals surface area contributed by atoms with Crippen molar-refractivity contribution in [2.24, 2.45) is 0 Å². The Morgan fingerprint density at radius 2 is 2.00 bits per heavy atom. The van der Waals surface area contributed by atoms with Gasteiger partial charge in [0.2, 0.25) is 5.78 Å². The number of para-hydroxylation sites is 2. The minimum Gasteiger partial charge on any atom is -0.254 e. The summed E-state index contributed by atoms with van der Waals surface area (Å²) in [5, 5.41) is 8.38. The SMILES string of the molecule is Cc1ccc(C)c(CSc2n[nH]c3nc4ccccc4n23)c1. The Balaban J connectivity index is 1.71. The molecule has 4 rings (SSSR count). The highest BCUT2D eigenvalue weighted by molar-refractivity contribution is 7.98. The molecule has 0 saturated heterocycles. The maximum absolute atomic E-state index is 4.55. The van der Waals surface area contributed by atoms with Crippen LogP contribution in [-0.2, 0) is 5.75 Å². The van der Waals surface area contributed by atoms with Crippen LogP contribution in [0.25, 0.3) is 16.8 Å². The van der Waals surface area contributed by atoms with Crippen molar-refractivity contribution in [2.75, 3.05) is 0 Å². The summed E-state index contributed by atoms with van der Waals surface area (Å²) in [6, 6.07) is 14.7. The molecule has 0 bridgehead atoms. The van der Waals surface area contributed by atoms with Gasteiger partial charge in [-0.25, -0.2) is 10.1 Å². The van der Waals surface area contributed by atoms with Gasteiger partial charge in [-0.05, 0) is 37.1 Å². The minimum atomic E-state index is 0.796. The lowest BCUT2D eigenvalue weighted by atomic mass is 10.1. The van der Waals surface area contributed by atoms with Crippen molar-refractivity contribution in [1.29, 1.82) is 0 Å². The zero-order valence-corrected chi connectivity index (χ0v) is 13.3. The second kappa shape index (κ2) is 5.18. The molecule has 0 amide bonds. The number of imidazole rings is 1. The summed E-state index contributed by atoms with van der Waals surface area (Å²) in [5.74, 6) is 1.70. The number of aromatic nitrogens is 4. The summed E-state index contributed by atoms with van der Waals surface area (Å²) >= 11 is 1.73. The van der Waals surface area contributed by atoms with E-state index in [1.807, 2.05) is 18.2 Å². The van der Waals surface area contributed by atoms with Gasteiger partial charge in [0, 0.05) is 5.75 Å². The third-order valence-corrected chi connectivity index (χ3v) is 4.85. The van der Waals surface area contributed by atoms with E-state index in [9.17, 15) is 0 Å². The summed E-state index contributed by atoms with van der Waals surface area (Å²) in [5.41, 5.74) is 6.05. The molecular formula is C17H16N4S. The Labute approximate surface area is 132 Å². The van der Waals surface area contributed by atoms with Gasteiger partial charge in [0.05, 0.1) is 11.0 Å². The van der Waals surface area contributed by atoms with Gasteiger partial charge < -0.3 is 0 Å². The monoisotopic (exact) mass is 308 g/mol. The molecule has 0 fully saturated rings. The molecule has 110 valence electrons. The molecule has 0 atom stereocenters. The first-order valence-electron chi connectivity index (χ1n) is 7.23. The van der Waals surface area contributed by atoms with E-state index in [0.29, 0.717) is 0 Å². The zero-order valence-electron chi connectivity index (χ0n) is 12.5. The molecule has 22 heavy (non-hydrogen) atoms. The van der Waals surface area contributed by atoms with Crippen molar-refractivity contribution in [1.82, 2.24) is 19.6 Å². The number of nitrogens with one attached hydrogen (secondary N) is 1. The lowest BCUT2D eigenvalue weighted by Crippen LogP contribution is -1.90. The average molecular weight is 308 g/mol. The van der Waals surface area contributed by atoms with Gasteiger partial charge in [-0.15, -0.1) is 5.10 Å². The molecule has 0 radical (unpaired) electrons.